The molecule has 90 valence electrons. The molecule has 2 heteroatoms. The van der Waals surface area contributed by atoms with Gasteiger partial charge in [-0.25, -0.2) is 0 Å². The van der Waals surface area contributed by atoms with Crippen molar-refractivity contribution in [3.8, 4) is 0 Å². The SMILES string of the molecule is CC(=O)C(C)CC1CCc2ccccc2C1=O. The summed E-state index contributed by atoms with van der Waals surface area (Å²) in [4.78, 5) is 23.5. The second-order valence-electron chi connectivity index (χ2n) is 5.00. The van der Waals surface area contributed by atoms with E-state index in [0.29, 0.717) is 6.42 Å². The fourth-order valence-corrected chi connectivity index (χ4v) is 2.48. The Kier molecular flexibility index (Phi) is 3.41. The van der Waals surface area contributed by atoms with E-state index in [1.165, 1.54) is 0 Å². The van der Waals surface area contributed by atoms with E-state index >= 15 is 0 Å². The topological polar surface area (TPSA) is 34.1 Å². The second-order valence-corrected chi connectivity index (χ2v) is 5.00. The van der Waals surface area contributed by atoms with Crippen LogP contribution in [0.1, 0.15) is 42.6 Å². The number of benzene rings is 1. The fourth-order valence-electron chi connectivity index (χ4n) is 2.48. The first-order chi connectivity index (χ1) is 8.09. The largest absolute Gasteiger partial charge is 0.300 e. The monoisotopic (exact) mass is 230 g/mol. The average Bonchev–Trinajstić information content (AvgIpc) is 2.33. The molecule has 2 unspecified atom stereocenters. The number of carbonyl (C=O) groups excluding carboxylic acids is 2. The number of aryl methyl sites for hydroxylation is 1. The maximum atomic E-state index is 12.3. The molecule has 2 nitrogen and oxygen atoms in total. The van der Waals surface area contributed by atoms with Gasteiger partial charge in [0.05, 0.1) is 0 Å². The number of Topliss-reactive ketones (excluding diaryl/α,β-unsaturated/α-hetero) is 2. The lowest BCUT2D eigenvalue weighted by atomic mass is 9.78. The van der Waals surface area contributed by atoms with Crippen molar-refractivity contribution < 1.29 is 9.59 Å². The molecule has 0 bridgehead atoms. The van der Waals surface area contributed by atoms with E-state index < -0.39 is 0 Å². The Balaban J connectivity index is 2.15. The first-order valence-corrected chi connectivity index (χ1v) is 6.22. The minimum absolute atomic E-state index is 0.00536. The highest BCUT2D eigenvalue weighted by Crippen LogP contribution is 2.29. The van der Waals surface area contributed by atoms with Gasteiger partial charge in [-0.1, -0.05) is 31.2 Å². The standard InChI is InChI=1S/C15H18O2/c1-10(11(2)16)9-13-8-7-12-5-3-4-6-14(12)15(13)17/h3-6,10,13H,7-9H2,1-2H3. The van der Waals surface area contributed by atoms with Crippen LogP contribution in [0.2, 0.25) is 0 Å². The van der Waals surface area contributed by atoms with Crippen molar-refractivity contribution in [1.82, 2.24) is 0 Å². The first kappa shape index (κ1) is 12.0. The van der Waals surface area contributed by atoms with Crippen LogP contribution >= 0.6 is 0 Å². The Hall–Kier alpha value is -1.44. The Morgan fingerprint density at radius 2 is 2.12 bits per heavy atom. The molecule has 0 saturated heterocycles. The number of carbonyl (C=O) groups is 2. The van der Waals surface area contributed by atoms with Gasteiger partial charge in [-0.3, -0.25) is 9.59 Å². The molecule has 1 aliphatic carbocycles. The molecule has 0 amide bonds. The molecular weight excluding hydrogens is 212 g/mol. The molecule has 0 radical (unpaired) electrons. The van der Waals surface area contributed by atoms with Gasteiger partial charge in [0, 0.05) is 17.4 Å². The summed E-state index contributed by atoms with van der Waals surface area (Å²) in [5, 5.41) is 0. The van der Waals surface area contributed by atoms with Crippen molar-refractivity contribution in [1.29, 1.82) is 0 Å². The minimum atomic E-state index is -0.00536. The highest BCUT2D eigenvalue weighted by Gasteiger charge is 2.28. The number of fused-ring (bicyclic) bond motifs is 1. The van der Waals surface area contributed by atoms with Crippen LogP contribution in [-0.2, 0) is 11.2 Å². The van der Waals surface area contributed by atoms with Gasteiger partial charge in [-0.2, -0.15) is 0 Å². The van der Waals surface area contributed by atoms with Gasteiger partial charge < -0.3 is 0 Å². The van der Waals surface area contributed by atoms with Crippen molar-refractivity contribution in [2.45, 2.75) is 33.1 Å². The highest BCUT2D eigenvalue weighted by atomic mass is 16.1. The summed E-state index contributed by atoms with van der Waals surface area (Å²) in [6, 6.07) is 7.82. The highest BCUT2D eigenvalue weighted by molar-refractivity contribution is 6.00. The molecule has 0 aliphatic heterocycles. The maximum Gasteiger partial charge on any atom is 0.166 e. The maximum absolute atomic E-state index is 12.3. The first-order valence-electron chi connectivity index (χ1n) is 6.22. The molecule has 0 spiro atoms. The Morgan fingerprint density at radius 1 is 1.41 bits per heavy atom. The molecule has 0 heterocycles. The molecule has 2 rings (SSSR count). The third-order valence-corrected chi connectivity index (χ3v) is 3.75. The molecule has 0 saturated carbocycles. The predicted octanol–water partition coefficient (Wildman–Crippen LogP) is 3.05. The summed E-state index contributed by atoms with van der Waals surface area (Å²) in [7, 11) is 0. The van der Waals surface area contributed by atoms with Gasteiger partial charge in [0.1, 0.15) is 5.78 Å². The lowest BCUT2D eigenvalue weighted by molar-refractivity contribution is -0.120. The van der Waals surface area contributed by atoms with Gasteiger partial charge in [-0.05, 0) is 31.7 Å². The van der Waals surface area contributed by atoms with E-state index in [4.69, 9.17) is 0 Å². The third kappa shape index (κ3) is 2.46. The van der Waals surface area contributed by atoms with E-state index in [-0.39, 0.29) is 23.4 Å². The molecule has 1 aromatic carbocycles. The minimum Gasteiger partial charge on any atom is -0.300 e. The van der Waals surface area contributed by atoms with Crippen molar-refractivity contribution in [3.05, 3.63) is 35.4 Å². The van der Waals surface area contributed by atoms with Crippen molar-refractivity contribution in [2.24, 2.45) is 11.8 Å². The van der Waals surface area contributed by atoms with Gasteiger partial charge in [-0.15, -0.1) is 0 Å². The zero-order chi connectivity index (χ0) is 12.4. The summed E-state index contributed by atoms with van der Waals surface area (Å²) in [6.45, 7) is 3.52. The van der Waals surface area contributed by atoms with E-state index in [1.807, 2.05) is 31.2 Å². The van der Waals surface area contributed by atoms with Gasteiger partial charge in [0.25, 0.3) is 0 Å². The number of ketones is 2. The molecule has 2 atom stereocenters. The normalized spacial score (nSPS) is 20.8. The van der Waals surface area contributed by atoms with E-state index in [9.17, 15) is 9.59 Å². The molecule has 1 aliphatic rings. The van der Waals surface area contributed by atoms with Crippen LogP contribution < -0.4 is 0 Å². The number of hydrogen-bond acceptors (Lipinski definition) is 2. The molecule has 17 heavy (non-hydrogen) atoms. The quantitative estimate of drug-likeness (QED) is 0.799. The summed E-state index contributed by atoms with van der Waals surface area (Å²) in [5.41, 5.74) is 2.02. The molecule has 0 aromatic heterocycles. The van der Waals surface area contributed by atoms with Crippen LogP contribution in [0.5, 0.6) is 0 Å². The zero-order valence-electron chi connectivity index (χ0n) is 10.4. The van der Waals surface area contributed by atoms with Crippen LogP contribution in [0.25, 0.3) is 0 Å². The second kappa shape index (κ2) is 4.82. The van der Waals surface area contributed by atoms with E-state index in [0.717, 1.165) is 24.0 Å². The van der Waals surface area contributed by atoms with E-state index in [1.54, 1.807) is 6.92 Å². The Labute approximate surface area is 102 Å². The smallest absolute Gasteiger partial charge is 0.166 e. The van der Waals surface area contributed by atoms with Crippen LogP contribution in [0.15, 0.2) is 24.3 Å². The van der Waals surface area contributed by atoms with Crippen LogP contribution in [-0.4, -0.2) is 11.6 Å². The fraction of sp³-hybridized carbons (Fsp3) is 0.467. The van der Waals surface area contributed by atoms with Gasteiger partial charge in [0.15, 0.2) is 5.78 Å². The lowest BCUT2D eigenvalue weighted by Gasteiger charge is -2.24. The van der Waals surface area contributed by atoms with Crippen LogP contribution in [0.3, 0.4) is 0 Å². The lowest BCUT2D eigenvalue weighted by Crippen LogP contribution is -2.25. The molecule has 0 fully saturated rings. The predicted molar refractivity (Wildman–Crippen MR) is 67.0 cm³/mol. The van der Waals surface area contributed by atoms with Gasteiger partial charge in [0.2, 0.25) is 0 Å². The Bertz CT molecular complexity index is 448. The average molecular weight is 230 g/mol. The summed E-state index contributed by atoms with van der Waals surface area (Å²) in [5.74, 6) is 0.426. The summed E-state index contributed by atoms with van der Waals surface area (Å²) >= 11 is 0. The van der Waals surface area contributed by atoms with Crippen LogP contribution in [0.4, 0.5) is 0 Å². The van der Waals surface area contributed by atoms with Crippen molar-refractivity contribution in [2.75, 3.05) is 0 Å². The number of rotatable bonds is 3. The summed E-state index contributed by atoms with van der Waals surface area (Å²) in [6.07, 6.45) is 2.53. The number of hydrogen-bond donors (Lipinski definition) is 0. The van der Waals surface area contributed by atoms with Gasteiger partial charge >= 0.3 is 0 Å². The van der Waals surface area contributed by atoms with E-state index in [2.05, 4.69) is 0 Å². The zero-order valence-corrected chi connectivity index (χ0v) is 10.4. The summed E-state index contributed by atoms with van der Waals surface area (Å²) < 4.78 is 0. The molecule has 0 N–H and O–H groups in total. The Morgan fingerprint density at radius 3 is 2.82 bits per heavy atom. The third-order valence-electron chi connectivity index (χ3n) is 3.75. The molecular formula is C15H18O2. The van der Waals surface area contributed by atoms with Crippen molar-refractivity contribution >= 4 is 11.6 Å². The van der Waals surface area contributed by atoms with Crippen molar-refractivity contribution in [3.63, 3.8) is 0 Å². The molecule has 1 aromatic rings. The van der Waals surface area contributed by atoms with Crippen LogP contribution in [0, 0.1) is 11.8 Å².